The van der Waals surface area contributed by atoms with E-state index in [1.807, 2.05) is 23.1 Å². The normalized spacial score (nSPS) is 16.9. The lowest BCUT2D eigenvalue weighted by molar-refractivity contribution is -0.124. The third kappa shape index (κ3) is 4.11. The molecule has 1 fully saturated rings. The largest absolute Gasteiger partial charge is 0.481 e. The van der Waals surface area contributed by atoms with Crippen LogP contribution in [0.15, 0.2) is 60.8 Å². The molecule has 7 heteroatoms. The predicted molar refractivity (Wildman–Crippen MR) is 128 cm³/mol. The fourth-order valence-electron chi connectivity index (χ4n) is 4.79. The molecule has 2 aromatic carbocycles. The van der Waals surface area contributed by atoms with Crippen molar-refractivity contribution < 1.29 is 14.3 Å². The zero-order valence-electron chi connectivity index (χ0n) is 18.9. The summed E-state index contributed by atoms with van der Waals surface area (Å²) in [5.74, 6) is 0.0942. The monoisotopic (exact) mass is 452 g/mol. The number of hydrogen-bond acceptors (Lipinski definition) is 5. The van der Waals surface area contributed by atoms with Crippen molar-refractivity contribution in [2.75, 3.05) is 30.0 Å². The highest BCUT2D eigenvalue weighted by atomic mass is 16.5. The van der Waals surface area contributed by atoms with Gasteiger partial charge in [-0.3, -0.25) is 9.59 Å². The molecule has 0 bridgehead atoms. The fraction of sp³-hybridized carbons (Fsp3) is 0.259. The van der Waals surface area contributed by atoms with E-state index < -0.39 is 5.92 Å². The van der Waals surface area contributed by atoms with Gasteiger partial charge in [0.15, 0.2) is 0 Å². The zero-order chi connectivity index (χ0) is 23.7. The van der Waals surface area contributed by atoms with Gasteiger partial charge in [0.1, 0.15) is 0 Å². The van der Waals surface area contributed by atoms with E-state index in [0.717, 1.165) is 29.7 Å². The van der Waals surface area contributed by atoms with Crippen LogP contribution in [0, 0.1) is 17.2 Å². The van der Waals surface area contributed by atoms with Gasteiger partial charge in [-0.05, 0) is 59.9 Å². The molecule has 0 saturated carbocycles. The van der Waals surface area contributed by atoms with Gasteiger partial charge in [0.25, 0.3) is 0 Å². The number of anilines is 2. The number of benzene rings is 2. The summed E-state index contributed by atoms with van der Waals surface area (Å²) >= 11 is 0. The summed E-state index contributed by atoms with van der Waals surface area (Å²) in [5, 5.41) is 9.15. The topological polar surface area (TPSA) is 86.5 Å². The molecular formula is C27H24N4O3. The summed E-state index contributed by atoms with van der Waals surface area (Å²) < 4.78 is 5.21. The average molecular weight is 453 g/mol. The Bertz CT molecular complexity index is 1310. The van der Waals surface area contributed by atoms with E-state index >= 15 is 0 Å². The highest BCUT2D eigenvalue weighted by molar-refractivity contribution is 6.05. The van der Waals surface area contributed by atoms with E-state index in [1.165, 1.54) is 5.56 Å². The Labute approximate surface area is 198 Å². The van der Waals surface area contributed by atoms with Gasteiger partial charge in [-0.2, -0.15) is 5.26 Å². The molecule has 34 heavy (non-hydrogen) atoms. The van der Waals surface area contributed by atoms with Crippen LogP contribution in [0.3, 0.4) is 0 Å². The number of carbonyl (C=O) groups is 2. The number of pyridine rings is 1. The molecule has 2 amide bonds. The molecule has 1 saturated heterocycles. The number of fused-ring (bicyclic) bond motifs is 1. The molecule has 2 aliphatic heterocycles. The Balaban J connectivity index is 1.30. The van der Waals surface area contributed by atoms with Gasteiger partial charge in [-0.25, -0.2) is 4.98 Å². The lowest BCUT2D eigenvalue weighted by Gasteiger charge is -2.22. The Hall–Kier alpha value is -4.18. The highest BCUT2D eigenvalue weighted by Gasteiger charge is 2.39. The molecule has 0 N–H and O–H groups in total. The van der Waals surface area contributed by atoms with E-state index in [2.05, 4.69) is 23.2 Å². The maximum absolute atomic E-state index is 13.4. The van der Waals surface area contributed by atoms with Crippen molar-refractivity contribution >= 4 is 23.2 Å². The van der Waals surface area contributed by atoms with E-state index in [4.69, 9.17) is 10.00 Å². The van der Waals surface area contributed by atoms with Crippen molar-refractivity contribution in [3.63, 3.8) is 0 Å². The van der Waals surface area contributed by atoms with Crippen LogP contribution in [0.25, 0.3) is 0 Å². The van der Waals surface area contributed by atoms with Crippen molar-refractivity contribution in [3.8, 4) is 11.9 Å². The molecular weight excluding hydrogens is 428 g/mol. The molecule has 1 aromatic heterocycles. The van der Waals surface area contributed by atoms with E-state index in [1.54, 1.807) is 42.5 Å². The first-order valence-electron chi connectivity index (χ1n) is 11.3. The van der Waals surface area contributed by atoms with Gasteiger partial charge in [0.2, 0.25) is 17.7 Å². The van der Waals surface area contributed by atoms with Gasteiger partial charge in [0, 0.05) is 43.1 Å². The summed E-state index contributed by atoms with van der Waals surface area (Å²) in [4.78, 5) is 33.6. The molecule has 3 heterocycles. The molecule has 0 spiro atoms. The van der Waals surface area contributed by atoms with E-state index in [0.29, 0.717) is 30.2 Å². The van der Waals surface area contributed by atoms with Crippen LogP contribution >= 0.6 is 0 Å². The first kappa shape index (κ1) is 21.7. The van der Waals surface area contributed by atoms with Crippen LogP contribution < -0.4 is 14.5 Å². The van der Waals surface area contributed by atoms with Crippen LogP contribution in [0.5, 0.6) is 5.88 Å². The molecule has 0 aliphatic carbocycles. The van der Waals surface area contributed by atoms with Crippen molar-refractivity contribution in [1.82, 2.24) is 4.98 Å². The third-order valence-electron chi connectivity index (χ3n) is 6.48. The number of amides is 2. The zero-order valence-corrected chi connectivity index (χ0v) is 18.9. The average Bonchev–Trinajstić information content (AvgIpc) is 3.47. The molecule has 3 aromatic rings. The molecule has 5 rings (SSSR count). The molecule has 1 atom stereocenters. The Morgan fingerprint density at radius 1 is 1.18 bits per heavy atom. The van der Waals surface area contributed by atoms with Gasteiger partial charge in [-0.15, -0.1) is 0 Å². The lowest BCUT2D eigenvalue weighted by atomic mass is 10.0. The van der Waals surface area contributed by atoms with Crippen LogP contribution in [0.1, 0.15) is 28.7 Å². The maximum atomic E-state index is 13.4. The van der Waals surface area contributed by atoms with Gasteiger partial charge >= 0.3 is 0 Å². The minimum atomic E-state index is -0.395. The quantitative estimate of drug-likeness (QED) is 0.591. The lowest BCUT2D eigenvalue weighted by Crippen LogP contribution is -2.36. The van der Waals surface area contributed by atoms with Crippen LogP contribution in [-0.2, 0) is 22.4 Å². The Morgan fingerprint density at radius 2 is 2.03 bits per heavy atom. The van der Waals surface area contributed by atoms with Crippen molar-refractivity contribution in [1.29, 1.82) is 5.26 Å². The van der Waals surface area contributed by atoms with Crippen LogP contribution in [0.4, 0.5) is 11.4 Å². The van der Waals surface area contributed by atoms with Gasteiger partial charge in [-0.1, -0.05) is 18.2 Å². The summed E-state index contributed by atoms with van der Waals surface area (Å²) in [6, 6.07) is 19.2. The first-order valence-corrected chi connectivity index (χ1v) is 11.3. The molecule has 7 nitrogen and oxygen atoms in total. The maximum Gasteiger partial charge on any atom is 0.232 e. The standard InChI is InChI=1S/C27H24N4O3/c1-34-25-14-19(7-9-29-25)11-18-5-6-24-21(12-18)8-10-30(24)27(33)22-15-26(32)31(17-22)23-4-2-3-20(13-23)16-28/h2-7,9,12-14,22H,8,10-11,15,17H2,1H3. The SMILES string of the molecule is COc1cc(Cc2ccc3c(c2)CCN3C(=O)C2CC(=O)N(c3cccc(C#N)c3)C2)ccn1. The van der Waals surface area contributed by atoms with E-state index in [9.17, 15) is 9.59 Å². The van der Waals surface area contributed by atoms with E-state index in [-0.39, 0.29) is 18.2 Å². The smallest absolute Gasteiger partial charge is 0.232 e. The summed E-state index contributed by atoms with van der Waals surface area (Å²) in [6.45, 7) is 0.954. The Kier molecular flexibility index (Phi) is 5.72. The molecule has 2 aliphatic rings. The number of aromatic nitrogens is 1. The predicted octanol–water partition coefficient (Wildman–Crippen LogP) is 3.49. The highest BCUT2D eigenvalue weighted by Crippen LogP contribution is 2.34. The first-order chi connectivity index (χ1) is 16.6. The minimum absolute atomic E-state index is 0.0161. The molecule has 1 unspecified atom stereocenters. The van der Waals surface area contributed by atoms with Crippen molar-refractivity contribution in [2.24, 2.45) is 5.92 Å². The summed E-state index contributed by atoms with van der Waals surface area (Å²) in [5.41, 5.74) is 5.52. The number of rotatable bonds is 5. The van der Waals surface area contributed by atoms with Crippen LogP contribution in [0.2, 0.25) is 0 Å². The molecule has 0 radical (unpaired) electrons. The minimum Gasteiger partial charge on any atom is -0.481 e. The number of nitriles is 1. The number of nitrogens with zero attached hydrogens (tertiary/aromatic N) is 4. The van der Waals surface area contributed by atoms with Gasteiger partial charge in [0.05, 0.1) is 24.7 Å². The number of carbonyl (C=O) groups excluding carboxylic acids is 2. The third-order valence-corrected chi connectivity index (χ3v) is 6.48. The second kappa shape index (κ2) is 8.99. The second-order valence-electron chi connectivity index (χ2n) is 8.65. The number of ether oxygens (including phenoxy) is 1. The number of methoxy groups -OCH3 is 1. The Morgan fingerprint density at radius 3 is 2.85 bits per heavy atom. The van der Waals surface area contributed by atoms with Crippen LogP contribution in [-0.4, -0.2) is 37.0 Å². The van der Waals surface area contributed by atoms with Crippen molar-refractivity contribution in [2.45, 2.75) is 19.3 Å². The summed E-state index contributed by atoms with van der Waals surface area (Å²) in [7, 11) is 1.60. The number of hydrogen-bond donors (Lipinski definition) is 0. The van der Waals surface area contributed by atoms with Gasteiger partial charge < -0.3 is 14.5 Å². The second-order valence-corrected chi connectivity index (χ2v) is 8.65. The van der Waals surface area contributed by atoms with Crippen molar-refractivity contribution in [3.05, 3.63) is 83.0 Å². The molecule has 170 valence electrons. The fourth-order valence-corrected chi connectivity index (χ4v) is 4.79. The summed E-state index contributed by atoms with van der Waals surface area (Å²) in [6.07, 6.45) is 3.48.